The lowest BCUT2D eigenvalue weighted by Gasteiger charge is -2.15. The van der Waals surface area contributed by atoms with E-state index in [0.29, 0.717) is 11.4 Å². The molecule has 8 heteroatoms. The van der Waals surface area contributed by atoms with Crippen LogP contribution in [0.2, 0.25) is 0 Å². The molecule has 1 aliphatic rings. The number of nitrogens with one attached hydrogen (secondary N) is 1. The molecule has 8 nitrogen and oxygen atoms in total. The third-order valence-corrected chi connectivity index (χ3v) is 4.16. The molecule has 2 heterocycles. The summed E-state index contributed by atoms with van der Waals surface area (Å²) in [4.78, 5) is 40.6. The Bertz CT molecular complexity index is 845. The molecule has 0 spiro atoms. The molecule has 27 heavy (non-hydrogen) atoms. The molecule has 2 aromatic rings. The van der Waals surface area contributed by atoms with Gasteiger partial charge in [0.25, 0.3) is 11.8 Å². The van der Waals surface area contributed by atoms with Gasteiger partial charge in [-0.3, -0.25) is 9.59 Å². The Morgan fingerprint density at radius 3 is 2.59 bits per heavy atom. The van der Waals surface area contributed by atoms with E-state index in [1.807, 2.05) is 0 Å². The van der Waals surface area contributed by atoms with Crippen LogP contribution in [-0.2, 0) is 4.79 Å². The first kappa shape index (κ1) is 18.4. The molecule has 1 saturated heterocycles. The van der Waals surface area contributed by atoms with Gasteiger partial charge in [0.1, 0.15) is 11.4 Å². The fourth-order valence-electron chi connectivity index (χ4n) is 2.72. The molecule has 1 aliphatic heterocycles. The van der Waals surface area contributed by atoms with Gasteiger partial charge in [0.05, 0.1) is 5.56 Å². The summed E-state index contributed by atoms with van der Waals surface area (Å²) in [5.74, 6) is -1.16. The number of hydrogen-bond donors (Lipinski definition) is 2. The molecular weight excluding hydrogens is 350 g/mol. The van der Waals surface area contributed by atoms with Gasteiger partial charge in [0.15, 0.2) is 6.61 Å². The zero-order chi connectivity index (χ0) is 19.2. The van der Waals surface area contributed by atoms with E-state index >= 15 is 0 Å². The normalized spacial score (nSPS) is 13.3. The van der Waals surface area contributed by atoms with Crippen molar-refractivity contribution >= 4 is 23.5 Å². The number of ether oxygens (including phenoxy) is 1. The second kappa shape index (κ2) is 8.31. The smallest absolute Gasteiger partial charge is 0.354 e. The second-order valence-corrected chi connectivity index (χ2v) is 6.10. The number of benzene rings is 1. The van der Waals surface area contributed by atoms with Crippen LogP contribution in [0.4, 0.5) is 5.69 Å². The van der Waals surface area contributed by atoms with Crippen molar-refractivity contribution in [3.8, 4) is 5.75 Å². The lowest BCUT2D eigenvalue weighted by atomic mass is 10.2. The van der Waals surface area contributed by atoms with Gasteiger partial charge in [-0.25, -0.2) is 9.78 Å². The number of likely N-dealkylation sites (tertiary alicyclic amines) is 1. The highest BCUT2D eigenvalue weighted by atomic mass is 16.5. The van der Waals surface area contributed by atoms with Crippen molar-refractivity contribution in [2.24, 2.45) is 0 Å². The van der Waals surface area contributed by atoms with E-state index in [1.165, 1.54) is 18.3 Å². The van der Waals surface area contributed by atoms with Crippen molar-refractivity contribution in [2.45, 2.75) is 12.8 Å². The number of pyridine rings is 1. The molecule has 0 bridgehead atoms. The Morgan fingerprint density at radius 2 is 1.93 bits per heavy atom. The largest absolute Gasteiger partial charge is 0.484 e. The molecule has 3 rings (SSSR count). The number of carboxylic acid groups (broad SMARTS) is 1. The monoisotopic (exact) mass is 369 g/mol. The maximum absolute atomic E-state index is 12.2. The van der Waals surface area contributed by atoms with E-state index in [9.17, 15) is 14.4 Å². The Kier molecular flexibility index (Phi) is 5.65. The number of aromatic nitrogens is 1. The highest BCUT2D eigenvalue weighted by Gasteiger charge is 2.18. The number of anilines is 1. The summed E-state index contributed by atoms with van der Waals surface area (Å²) in [5, 5.41) is 11.5. The number of hydrogen-bond acceptors (Lipinski definition) is 5. The Labute approximate surface area is 155 Å². The fourth-order valence-corrected chi connectivity index (χ4v) is 2.72. The van der Waals surface area contributed by atoms with Crippen LogP contribution in [0.5, 0.6) is 5.75 Å². The molecule has 2 amide bonds. The zero-order valence-electron chi connectivity index (χ0n) is 14.6. The van der Waals surface area contributed by atoms with E-state index < -0.39 is 11.9 Å². The number of amides is 2. The lowest BCUT2D eigenvalue weighted by molar-refractivity contribution is -0.132. The number of aromatic carboxylic acids is 1. The van der Waals surface area contributed by atoms with E-state index in [0.717, 1.165) is 25.9 Å². The molecule has 0 radical (unpaired) electrons. The molecule has 0 atom stereocenters. The predicted molar refractivity (Wildman–Crippen MR) is 96.9 cm³/mol. The molecular formula is C19H19N3O5. The number of nitrogens with zero attached hydrogens (tertiary/aromatic N) is 2. The molecule has 0 aliphatic carbocycles. The summed E-state index contributed by atoms with van der Waals surface area (Å²) in [6.45, 7) is 1.50. The van der Waals surface area contributed by atoms with Gasteiger partial charge in [-0.15, -0.1) is 0 Å². The summed E-state index contributed by atoms with van der Waals surface area (Å²) in [5.41, 5.74) is 0.591. The first-order valence-corrected chi connectivity index (χ1v) is 8.54. The summed E-state index contributed by atoms with van der Waals surface area (Å²) in [6, 6.07) is 9.37. The van der Waals surface area contributed by atoms with E-state index in [1.54, 1.807) is 29.2 Å². The minimum Gasteiger partial charge on any atom is -0.484 e. The highest BCUT2D eigenvalue weighted by molar-refractivity contribution is 6.04. The highest BCUT2D eigenvalue weighted by Crippen LogP contribution is 2.18. The maximum Gasteiger partial charge on any atom is 0.354 e. The van der Waals surface area contributed by atoms with Crippen molar-refractivity contribution in [1.82, 2.24) is 9.88 Å². The third-order valence-electron chi connectivity index (χ3n) is 4.16. The molecule has 1 aromatic heterocycles. The van der Waals surface area contributed by atoms with Gasteiger partial charge in [-0.1, -0.05) is 6.07 Å². The topological polar surface area (TPSA) is 109 Å². The van der Waals surface area contributed by atoms with Gasteiger partial charge in [0, 0.05) is 31.0 Å². The summed E-state index contributed by atoms with van der Waals surface area (Å²) in [7, 11) is 0. The van der Waals surface area contributed by atoms with Crippen LogP contribution in [0.3, 0.4) is 0 Å². The molecule has 0 unspecified atom stereocenters. The average Bonchev–Trinajstić information content (AvgIpc) is 3.21. The Hall–Kier alpha value is -3.42. The standard InChI is InChI=1S/C19H19N3O5/c23-17(22-8-1-2-9-22)12-27-15-5-3-4-14(10-15)21-18(24)13-6-7-16(19(25)26)20-11-13/h3-7,10-11H,1-2,8-9,12H2,(H,21,24)(H,25,26). The van der Waals surface area contributed by atoms with Crippen molar-refractivity contribution in [3.63, 3.8) is 0 Å². The third kappa shape index (κ3) is 4.81. The van der Waals surface area contributed by atoms with E-state index in [4.69, 9.17) is 9.84 Å². The van der Waals surface area contributed by atoms with Crippen molar-refractivity contribution in [3.05, 3.63) is 53.9 Å². The predicted octanol–water partition coefficient (Wildman–Crippen LogP) is 2.03. The summed E-state index contributed by atoms with van der Waals surface area (Å²) >= 11 is 0. The van der Waals surface area contributed by atoms with E-state index in [-0.39, 0.29) is 23.8 Å². The summed E-state index contributed by atoms with van der Waals surface area (Å²) < 4.78 is 5.53. The van der Waals surface area contributed by atoms with E-state index in [2.05, 4.69) is 10.3 Å². The number of carbonyl (C=O) groups is 3. The first-order valence-electron chi connectivity index (χ1n) is 8.54. The quantitative estimate of drug-likeness (QED) is 0.806. The van der Waals surface area contributed by atoms with Crippen LogP contribution in [-0.4, -0.2) is 52.5 Å². The second-order valence-electron chi connectivity index (χ2n) is 6.10. The van der Waals surface area contributed by atoms with Gasteiger partial charge < -0.3 is 20.1 Å². The first-order chi connectivity index (χ1) is 13.0. The molecule has 1 fully saturated rings. The van der Waals surface area contributed by atoms with Gasteiger partial charge >= 0.3 is 5.97 Å². The van der Waals surface area contributed by atoms with Crippen molar-refractivity contribution in [1.29, 1.82) is 0 Å². The average molecular weight is 369 g/mol. The van der Waals surface area contributed by atoms with Gasteiger partial charge in [-0.2, -0.15) is 0 Å². The summed E-state index contributed by atoms with van der Waals surface area (Å²) in [6.07, 6.45) is 3.25. The fraction of sp³-hybridized carbons (Fsp3) is 0.263. The van der Waals surface area contributed by atoms with Gasteiger partial charge in [-0.05, 0) is 37.1 Å². The van der Waals surface area contributed by atoms with Gasteiger partial charge in [0.2, 0.25) is 0 Å². The Morgan fingerprint density at radius 1 is 1.15 bits per heavy atom. The molecule has 1 aromatic carbocycles. The minimum atomic E-state index is -1.16. The van der Waals surface area contributed by atoms with Crippen LogP contribution in [0.1, 0.15) is 33.7 Å². The molecule has 2 N–H and O–H groups in total. The number of rotatable bonds is 6. The maximum atomic E-state index is 12.2. The van der Waals surface area contributed by atoms with Crippen molar-refractivity contribution in [2.75, 3.05) is 25.0 Å². The van der Waals surface area contributed by atoms with Crippen LogP contribution >= 0.6 is 0 Å². The molecule has 0 saturated carbocycles. The molecule has 140 valence electrons. The lowest BCUT2D eigenvalue weighted by Crippen LogP contribution is -2.32. The van der Waals surface area contributed by atoms with Crippen LogP contribution in [0.25, 0.3) is 0 Å². The zero-order valence-corrected chi connectivity index (χ0v) is 14.6. The Balaban J connectivity index is 1.58. The van der Waals surface area contributed by atoms with Crippen LogP contribution < -0.4 is 10.1 Å². The minimum absolute atomic E-state index is 0.0437. The number of carboxylic acids is 1. The number of carbonyl (C=O) groups excluding carboxylic acids is 2. The van der Waals surface area contributed by atoms with Crippen molar-refractivity contribution < 1.29 is 24.2 Å². The van der Waals surface area contributed by atoms with Crippen LogP contribution in [0.15, 0.2) is 42.6 Å². The SMILES string of the molecule is O=C(Nc1cccc(OCC(=O)N2CCCC2)c1)c1ccc(C(=O)O)nc1. The van der Waals surface area contributed by atoms with Crippen LogP contribution in [0, 0.1) is 0 Å².